The number of alkyl halides is 3. The first kappa shape index (κ1) is 17.3. The van der Waals surface area contributed by atoms with Gasteiger partial charge in [0.1, 0.15) is 6.54 Å². The summed E-state index contributed by atoms with van der Waals surface area (Å²) in [6, 6.07) is -0.449. The van der Waals surface area contributed by atoms with Crippen LogP contribution in [0.3, 0.4) is 0 Å². The topological polar surface area (TPSA) is 41.1 Å². The molecule has 2 atom stereocenters. The van der Waals surface area contributed by atoms with Gasteiger partial charge in [0.05, 0.1) is 6.04 Å². The summed E-state index contributed by atoms with van der Waals surface area (Å²) in [6.07, 6.45) is 2.81. The Morgan fingerprint density at radius 3 is 2.20 bits per heavy atom. The van der Waals surface area contributed by atoms with Gasteiger partial charge in [0.15, 0.2) is 0 Å². The maximum atomic E-state index is 12.0. The summed E-state index contributed by atoms with van der Waals surface area (Å²) in [4.78, 5) is 11.6. The normalized spacial score (nSPS) is 21.1. The van der Waals surface area contributed by atoms with E-state index in [1.807, 2.05) is 12.2 Å². The van der Waals surface area contributed by atoms with Crippen LogP contribution in [0.15, 0.2) is 0 Å². The number of nitrogens with one attached hydrogen (secondary N) is 2. The maximum Gasteiger partial charge on any atom is 0.405 e. The lowest BCUT2D eigenvalue weighted by atomic mass is 9.92. The standard InChI is InChI=1S/C14H25F3N2O/c1-10(12-7-5-3-4-6-8-12)19-11(2)13(20)18-9-14(15,16)17/h10-12,19H,3-9H2,1-2H3,(H,18,20)/t10-,11?/m1/s1. The Labute approximate surface area is 118 Å². The zero-order chi connectivity index (χ0) is 15.2. The van der Waals surface area contributed by atoms with Gasteiger partial charge < -0.3 is 10.6 Å². The third-order valence-corrected chi connectivity index (χ3v) is 3.98. The minimum atomic E-state index is -4.36. The number of halogens is 3. The highest BCUT2D eigenvalue weighted by molar-refractivity contribution is 5.81. The fraction of sp³-hybridized carbons (Fsp3) is 0.929. The number of carbonyl (C=O) groups is 1. The largest absolute Gasteiger partial charge is 0.405 e. The van der Waals surface area contributed by atoms with Crippen LogP contribution in [0.25, 0.3) is 0 Å². The van der Waals surface area contributed by atoms with E-state index in [0.717, 1.165) is 12.8 Å². The van der Waals surface area contributed by atoms with Gasteiger partial charge in [-0.2, -0.15) is 13.2 Å². The average Bonchev–Trinajstić information content (AvgIpc) is 2.63. The van der Waals surface area contributed by atoms with Crippen molar-refractivity contribution in [2.45, 2.75) is 70.6 Å². The van der Waals surface area contributed by atoms with Gasteiger partial charge in [-0.1, -0.05) is 25.7 Å². The summed E-state index contributed by atoms with van der Waals surface area (Å²) in [6.45, 7) is 2.36. The molecule has 2 N–H and O–H groups in total. The third-order valence-electron chi connectivity index (χ3n) is 3.98. The molecule has 1 saturated carbocycles. The Kier molecular flexibility index (Phi) is 6.79. The van der Waals surface area contributed by atoms with E-state index in [9.17, 15) is 18.0 Å². The molecule has 6 heteroatoms. The van der Waals surface area contributed by atoms with E-state index in [0.29, 0.717) is 5.92 Å². The summed E-state index contributed by atoms with van der Waals surface area (Å²) in [5.41, 5.74) is 0. The first-order chi connectivity index (χ1) is 9.29. The molecule has 1 aliphatic rings. The van der Waals surface area contributed by atoms with Crippen LogP contribution in [-0.4, -0.2) is 30.7 Å². The van der Waals surface area contributed by atoms with Gasteiger partial charge in [-0.25, -0.2) is 0 Å². The smallest absolute Gasteiger partial charge is 0.346 e. The first-order valence-corrected chi connectivity index (χ1v) is 7.40. The Hall–Kier alpha value is -0.780. The van der Waals surface area contributed by atoms with Crippen molar-refractivity contribution in [2.75, 3.05) is 6.54 Å². The van der Waals surface area contributed by atoms with Gasteiger partial charge in [0, 0.05) is 6.04 Å². The van der Waals surface area contributed by atoms with Crippen molar-refractivity contribution in [2.24, 2.45) is 5.92 Å². The Balaban J connectivity index is 2.35. The van der Waals surface area contributed by atoms with Gasteiger partial charge >= 0.3 is 6.18 Å². The molecule has 1 unspecified atom stereocenters. The van der Waals surface area contributed by atoms with Gasteiger partial charge in [0.25, 0.3) is 0 Å². The molecule has 1 aliphatic carbocycles. The third kappa shape index (κ3) is 6.59. The molecule has 1 fully saturated rings. The quantitative estimate of drug-likeness (QED) is 0.765. The van der Waals surface area contributed by atoms with Crippen LogP contribution in [0.4, 0.5) is 13.2 Å². The molecule has 1 rings (SSSR count). The van der Waals surface area contributed by atoms with Gasteiger partial charge in [-0.05, 0) is 32.6 Å². The van der Waals surface area contributed by atoms with Gasteiger partial charge in [-0.15, -0.1) is 0 Å². The molecule has 0 radical (unpaired) electrons. The van der Waals surface area contributed by atoms with Crippen LogP contribution < -0.4 is 10.6 Å². The second-order valence-corrected chi connectivity index (χ2v) is 5.76. The van der Waals surface area contributed by atoms with Gasteiger partial charge in [0.2, 0.25) is 5.91 Å². The molecule has 0 aromatic heterocycles. The predicted octanol–water partition coefficient (Wildman–Crippen LogP) is 3.00. The van der Waals surface area contributed by atoms with Gasteiger partial charge in [-0.3, -0.25) is 4.79 Å². The van der Waals surface area contributed by atoms with Crippen molar-refractivity contribution < 1.29 is 18.0 Å². The number of hydrogen-bond acceptors (Lipinski definition) is 2. The van der Waals surface area contributed by atoms with Crippen LogP contribution in [0.5, 0.6) is 0 Å². The average molecular weight is 294 g/mol. The summed E-state index contributed by atoms with van der Waals surface area (Å²) in [7, 11) is 0. The minimum Gasteiger partial charge on any atom is -0.346 e. The van der Waals surface area contributed by atoms with Crippen molar-refractivity contribution in [1.82, 2.24) is 10.6 Å². The summed E-state index contributed by atoms with van der Waals surface area (Å²) in [5, 5.41) is 5.05. The van der Waals surface area contributed by atoms with Crippen molar-refractivity contribution in [3.63, 3.8) is 0 Å². The molecule has 0 aliphatic heterocycles. The zero-order valence-corrected chi connectivity index (χ0v) is 12.2. The number of rotatable bonds is 5. The summed E-state index contributed by atoms with van der Waals surface area (Å²) < 4.78 is 36.1. The molecule has 0 spiro atoms. The van der Waals surface area contributed by atoms with Crippen LogP contribution in [-0.2, 0) is 4.79 Å². The number of hydrogen-bond donors (Lipinski definition) is 2. The van der Waals surface area contributed by atoms with Crippen LogP contribution in [0.1, 0.15) is 52.4 Å². The Morgan fingerprint density at radius 2 is 1.70 bits per heavy atom. The van der Waals surface area contributed by atoms with Crippen LogP contribution >= 0.6 is 0 Å². The van der Waals surface area contributed by atoms with E-state index in [-0.39, 0.29) is 6.04 Å². The SMILES string of the molecule is CC(N[C@H](C)C1CCCCCC1)C(=O)NCC(F)(F)F. The molecular formula is C14H25F3N2O. The molecule has 1 amide bonds. The number of amides is 1. The van der Waals surface area contributed by atoms with E-state index in [4.69, 9.17) is 0 Å². The molecule has 20 heavy (non-hydrogen) atoms. The number of carbonyl (C=O) groups excluding carboxylic acids is 1. The van der Waals surface area contributed by atoms with Crippen molar-refractivity contribution in [1.29, 1.82) is 0 Å². The first-order valence-electron chi connectivity index (χ1n) is 7.40. The van der Waals surface area contributed by atoms with E-state index in [1.165, 1.54) is 25.7 Å². The molecular weight excluding hydrogens is 269 g/mol. The van der Waals surface area contributed by atoms with Crippen LogP contribution in [0, 0.1) is 5.92 Å². The second kappa shape index (κ2) is 7.86. The highest BCUT2D eigenvalue weighted by atomic mass is 19.4. The second-order valence-electron chi connectivity index (χ2n) is 5.76. The van der Waals surface area contributed by atoms with E-state index in [2.05, 4.69) is 5.32 Å². The predicted molar refractivity (Wildman–Crippen MR) is 72.3 cm³/mol. The lowest BCUT2D eigenvalue weighted by molar-refractivity contribution is -0.139. The molecule has 0 aromatic rings. The fourth-order valence-corrected chi connectivity index (χ4v) is 2.76. The molecule has 0 bridgehead atoms. The molecule has 0 saturated heterocycles. The van der Waals surface area contributed by atoms with E-state index >= 15 is 0 Å². The van der Waals surface area contributed by atoms with Crippen molar-refractivity contribution >= 4 is 5.91 Å². The van der Waals surface area contributed by atoms with E-state index in [1.54, 1.807) is 6.92 Å². The molecule has 118 valence electrons. The Bertz CT molecular complexity index is 299. The molecule has 0 heterocycles. The zero-order valence-electron chi connectivity index (χ0n) is 12.2. The van der Waals surface area contributed by atoms with Crippen LogP contribution in [0.2, 0.25) is 0 Å². The summed E-state index contributed by atoms with van der Waals surface area (Å²) in [5.74, 6) is -0.0850. The minimum absolute atomic E-state index is 0.153. The summed E-state index contributed by atoms with van der Waals surface area (Å²) >= 11 is 0. The molecule has 3 nitrogen and oxygen atoms in total. The van der Waals surface area contributed by atoms with E-state index < -0.39 is 24.7 Å². The highest BCUT2D eigenvalue weighted by Gasteiger charge is 2.29. The lowest BCUT2D eigenvalue weighted by Crippen LogP contribution is -2.49. The van der Waals surface area contributed by atoms with Crippen molar-refractivity contribution in [3.05, 3.63) is 0 Å². The monoisotopic (exact) mass is 294 g/mol. The highest BCUT2D eigenvalue weighted by Crippen LogP contribution is 2.25. The Morgan fingerprint density at radius 1 is 1.15 bits per heavy atom. The lowest BCUT2D eigenvalue weighted by Gasteiger charge is -2.26. The maximum absolute atomic E-state index is 12.0. The fourth-order valence-electron chi connectivity index (χ4n) is 2.76. The van der Waals surface area contributed by atoms with Crippen molar-refractivity contribution in [3.8, 4) is 0 Å². The molecule has 0 aromatic carbocycles.